The first kappa shape index (κ1) is 30.8. The second-order valence-corrected chi connectivity index (χ2v) is 10.1. The number of benzene rings is 2. The minimum atomic E-state index is -0.377. The molecule has 0 spiro atoms. The standard InChI is InChI=1S/C33H35N7O5/c1-6-35-30(31(21(3)34)44-18-22-10-8-7-9-11-22)33-38-28(19-45-33)40-26-17-36-20(2)14-25(26)29(39-40)32(41)37-16-23-12-13-24(42-4)15-27(23)43-5/h7-15,17,19H,6,16,18,34H2,1-5H3,(H,37,41)/b31-21+,35-30?. The summed E-state index contributed by atoms with van der Waals surface area (Å²) in [5.41, 5.74) is 10.3. The zero-order valence-corrected chi connectivity index (χ0v) is 25.8. The Bertz CT molecular complexity index is 1870. The summed E-state index contributed by atoms with van der Waals surface area (Å²) in [7, 11) is 3.15. The number of fused-ring (bicyclic) bond motifs is 1. The number of carbonyl (C=O) groups is 1. The van der Waals surface area contributed by atoms with Crippen LogP contribution in [0.15, 0.2) is 87.9 Å². The van der Waals surface area contributed by atoms with Crippen molar-refractivity contribution in [3.05, 3.63) is 107 Å². The molecule has 0 atom stereocenters. The van der Waals surface area contributed by atoms with Gasteiger partial charge in [-0.1, -0.05) is 30.3 Å². The Labute approximate surface area is 260 Å². The fraction of sp³-hybridized carbons (Fsp3) is 0.242. The van der Waals surface area contributed by atoms with Crippen LogP contribution in [0.2, 0.25) is 0 Å². The first-order chi connectivity index (χ1) is 21.8. The van der Waals surface area contributed by atoms with Gasteiger partial charge in [-0.25, -0.2) is 4.68 Å². The highest BCUT2D eigenvalue weighted by molar-refractivity contribution is 6.09. The minimum Gasteiger partial charge on any atom is -0.497 e. The van der Waals surface area contributed by atoms with Crippen LogP contribution in [0.25, 0.3) is 16.7 Å². The number of methoxy groups -OCH3 is 2. The predicted octanol–water partition coefficient (Wildman–Crippen LogP) is 4.88. The van der Waals surface area contributed by atoms with Crippen molar-refractivity contribution in [2.24, 2.45) is 10.7 Å². The molecule has 5 aromatic rings. The maximum atomic E-state index is 13.5. The fourth-order valence-electron chi connectivity index (χ4n) is 4.68. The number of oxazole rings is 1. The van der Waals surface area contributed by atoms with Crippen LogP contribution in [0, 0.1) is 6.92 Å². The zero-order valence-electron chi connectivity index (χ0n) is 25.8. The third-order valence-corrected chi connectivity index (χ3v) is 6.88. The van der Waals surface area contributed by atoms with Crippen molar-refractivity contribution in [1.29, 1.82) is 0 Å². The van der Waals surface area contributed by atoms with E-state index in [9.17, 15) is 4.79 Å². The molecule has 0 fully saturated rings. The van der Waals surface area contributed by atoms with Crippen LogP contribution < -0.4 is 20.5 Å². The first-order valence-electron chi connectivity index (χ1n) is 14.3. The number of carbonyl (C=O) groups excluding carboxylic acids is 1. The van der Waals surface area contributed by atoms with E-state index < -0.39 is 0 Å². The summed E-state index contributed by atoms with van der Waals surface area (Å²) in [6.45, 7) is 6.42. The van der Waals surface area contributed by atoms with Crippen LogP contribution in [0.5, 0.6) is 11.5 Å². The lowest BCUT2D eigenvalue weighted by Crippen LogP contribution is -2.24. The van der Waals surface area contributed by atoms with Crippen molar-refractivity contribution >= 4 is 22.5 Å². The van der Waals surface area contributed by atoms with Gasteiger partial charge < -0.3 is 29.7 Å². The molecule has 45 heavy (non-hydrogen) atoms. The lowest BCUT2D eigenvalue weighted by atomic mass is 10.1. The molecule has 2 aromatic carbocycles. The fourth-order valence-corrected chi connectivity index (χ4v) is 4.68. The van der Waals surface area contributed by atoms with E-state index >= 15 is 0 Å². The largest absolute Gasteiger partial charge is 0.497 e. The van der Waals surface area contributed by atoms with Gasteiger partial charge in [-0.3, -0.25) is 14.8 Å². The van der Waals surface area contributed by atoms with Gasteiger partial charge >= 0.3 is 0 Å². The summed E-state index contributed by atoms with van der Waals surface area (Å²) in [5, 5.41) is 8.19. The van der Waals surface area contributed by atoms with Crippen molar-refractivity contribution < 1.29 is 23.4 Å². The molecular weight excluding hydrogens is 574 g/mol. The number of nitrogens with one attached hydrogen (secondary N) is 1. The number of hydrogen-bond donors (Lipinski definition) is 2. The summed E-state index contributed by atoms with van der Waals surface area (Å²) < 4.78 is 24.3. The molecule has 0 unspecified atom stereocenters. The monoisotopic (exact) mass is 609 g/mol. The molecule has 0 saturated carbocycles. The SMILES string of the molecule is CCN=C(/C(OCc1ccccc1)=C(/C)N)c1nc(-n2nc(C(=O)NCc3ccc(OC)cc3OC)c3cc(C)ncc32)co1. The van der Waals surface area contributed by atoms with E-state index in [0.29, 0.717) is 51.9 Å². The van der Waals surface area contributed by atoms with Gasteiger partial charge in [0, 0.05) is 35.8 Å². The van der Waals surface area contributed by atoms with E-state index in [-0.39, 0.29) is 30.6 Å². The molecule has 232 valence electrons. The highest BCUT2D eigenvalue weighted by Crippen LogP contribution is 2.26. The Balaban J connectivity index is 1.45. The van der Waals surface area contributed by atoms with Gasteiger partial charge in [0.1, 0.15) is 24.4 Å². The molecule has 5 rings (SSSR count). The van der Waals surface area contributed by atoms with Crippen LogP contribution >= 0.6 is 0 Å². The maximum absolute atomic E-state index is 13.5. The quantitative estimate of drug-likeness (QED) is 0.149. The minimum absolute atomic E-state index is 0.195. The van der Waals surface area contributed by atoms with Crippen LogP contribution in [-0.4, -0.2) is 52.1 Å². The van der Waals surface area contributed by atoms with E-state index in [0.717, 1.165) is 16.8 Å². The van der Waals surface area contributed by atoms with E-state index in [1.165, 1.54) is 10.9 Å². The number of amides is 1. The van der Waals surface area contributed by atoms with Gasteiger partial charge in [-0.2, -0.15) is 10.1 Å². The number of allylic oxidation sites excluding steroid dienone is 2. The highest BCUT2D eigenvalue weighted by atomic mass is 16.5. The molecule has 3 aromatic heterocycles. The van der Waals surface area contributed by atoms with E-state index in [4.69, 9.17) is 24.4 Å². The lowest BCUT2D eigenvalue weighted by Gasteiger charge is -2.13. The van der Waals surface area contributed by atoms with Crippen molar-refractivity contribution in [2.45, 2.75) is 33.9 Å². The van der Waals surface area contributed by atoms with Gasteiger partial charge in [-0.05, 0) is 44.5 Å². The van der Waals surface area contributed by atoms with Crippen LogP contribution in [0.4, 0.5) is 0 Å². The van der Waals surface area contributed by atoms with Gasteiger partial charge in [0.05, 0.1) is 31.6 Å². The van der Waals surface area contributed by atoms with Crippen LogP contribution in [-0.2, 0) is 17.9 Å². The Hall–Kier alpha value is -5.65. The number of hydrogen-bond acceptors (Lipinski definition) is 10. The summed E-state index contributed by atoms with van der Waals surface area (Å²) in [5.74, 6) is 1.76. The molecule has 3 N–H and O–H groups in total. The number of aryl methyl sites for hydroxylation is 1. The molecule has 0 aliphatic carbocycles. The molecule has 0 bridgehead atoms. The molecular formula is C33H35N7O5. The van der Waals surface area contributed by atoms with Crippen LogP contribution in [0.3, 0.4) is 0 Å². The molecule has 0 radical (unpaired) electrons. The summed E-state index contributed by atoms with van der Waals surface area (Å²) in [6.07, 6.45) is 3.09. The number of ether oxygens (including phenoxy) is 3. The number of nitrogens with zero attached hydrogens (tertiary/aromatic N) is 5. The highest BCUT2D eigenvalue weighted by Gasteiger charge is 2.24. The molecule has 12 nitrogen and oxygen atoms in total. The van der Waals surface area contributed by atoms with Crippen molar-refractivity contribution in [1.82, 2.24) is 25.1 Å². The average Bonchev–Trinajstić information content (AvgIpc) is 3.68. The van der Waals surface area contributed by atoms with E-state index in [1.54, 1.807) is 39.5 Å². The Morgan fingerprint density at radius 1 is 1.11 bits per heavy atom. The lowest BCUT2D eigenvalue weighted by molar-refractivity contribution is 0.0947. The normalized spacial score (nSPS) is 12.2. The van der Waals surface area contributed by atoms with Crippen molar-refractivity contribution in [2.75, 3.05) is 20.8 Å². The molecule has 0 aliphatic heterocycles. The van der Waals surface area contributed by atoms with Crippen molar-refractivity contribution in [3.8, 4) is 17.3 Å². The maximum Gasteiger partial charge on any atom is 0.272 e. The second kappa shape index (κ2) is 13.8. The summed E-state index contributed by atoms with van der Waals surface area (Å²) in [4.78, 5) is 27.2. The molecule has 0 aliphatic rings. The zero-order chi connectivity index (χ0) is 31.9. The average molecular weight is 610 g/mol. The molecule has 12 heteroatoms. The number of nitrogens with two attached hydrogens (primary N) is 1. The number of aromatic nitrogens is 4. The second-order valence-electron chi connectivity index (χ2n) is 10.1. The Kier molecular flexibility index (Phi) is 9.42. The van der Waals surface area contributed by atoms with Gasteiger partial charge in [-0.15, -0.1) is 0 Å². The topological polar surface area (TPSA) is 152 Å². The smallest absolute Gasteiger partial charge is 0.272 e. The number of aliphatic imine (C=N–C) groups is 1. The Morgan fingerprint density at radius 3 is 2.62 bits per heavy atom. The van der Waals surface area contributed by atoms with Gasteiger partial charge in [0.2, 0.25) is 0 Å². The molecule has 3 heterocycles. The first-order valence-corrected chi connectivity index (χ1v) is 14.3. The number of pyridine rings is 1. The third kappa shape index (κ3) is 6.80. The Morgan fingerprint density at radius 2 is 1.91 bits per heavy atom. The summed E-state index contributed by atoms with van der Waals surface area (Å²) in [6, 6.07) is 17.0. The van der Waals surface area contributed by atoms with E-state index in [1.807, 2.05) is 56.3 Å². The number of rotatable bonds is 12. The van der Waals surface area contributed by atoms with Gasteiger partial charge in [0.25, 0.3) is 11.8 Å². The predicted molar refractivity (Wildman–Crippen MR) is 170 cm³/mol. The molecule has 1 amide bonds. The summed E-state index contributed by atoms with van der Waals surface area (Å²) >= 11 is 0. The third-order valence-electron chi connectivity index (χ3n) is 6.88. The van der Waals surface area contributed by atoms with Crippen molar-refractivity contribution in [3.63, 3.8) is 0 Å². The van der Waals surface area contributed by atoms with Gasteiger partial charge in [0.15, 0.2) is 23.0 Å². The van der Waals surface area contributed by atoms with Crippen LogP contribution in [0.1, 0.15) is 47.0 Å². The molecule has 0 saturated heterocycles. The van der Waals surface area contributed by atoms with E-state index in [2.05, 4.69) is 25.4 Å².